The topological polar surface area (TPSA) is 90.9 Å². The smallest absolute Gasteiger partial charge is 0.146 e. The van der Waals surface area contributed by atoms with E-state index in [9.17, 15) is 5.11 Å². The molecular formula is C29H31FN6O2. The molecule has 1 saturated heterocycles. The Bertz CT molecular complexity index is 1750. The third kappa shape index (κ3) is 4.06. The third-order valence-electron chi connectivity index (χ3n) is 7.50. The molecule has 1 atom stereocenters. The van der Waals surface area contributed by atoms with E-state index in [2.05, 4.69) is 19.9 Å². The number of nitrogens with zero attached hydrogens (tertiary/aromatic N) is 6. The minimum Gasteiger partial charge on any atom is -0.386 e. The zero-order chi connectivity index (χ0) is 29.1. The van der Waals surface area contributed by atoms with Crippen LogP contribution in [0.3, 0.4) is 0 Å². The van der Waals surface area contributed by atoms with Crippen LogP contribution in [-0.4, -0.2) is 47.8 Å². The van der Waals surface area contributed by atoms with Gasteiger partial charge in [0.15, 0.2) is 0 Å². The van der Waals surface area contributed by atoms with Crippen LogP contribution >= 0.6 is 0 Å². The van der Waals surface area contributed by atoms with Gasteiger partial charge in [0, 0.05) is 53.3 Å². The summed E-state index contributed by atoms with van der Waals surface area (Å²) < 4.78 is 48.7. The van der Waals surface area contributed by atoms with Crippen LogP contribution in [0.1, 0.15) is 53.8 Å². The molecule has 5 aromatic rings. The van der Waals surface area contributed by atoms with Gasteiger partial charge in [-0.05, 0) is 69.8 Å². The van der Waals surface area contributed by atoms with Gasteiger partial charge in [0.05, 0.1) is 45.3 Å². The second kappa shape index (κ2) is 9.25. The Kier molecular flexibility index (Phi) is 5.18. The molecule has 1 aliphatic rings. The van der Waals surface area contributed by atoms with Gasteiger partial charge in [0.25, 0.3) is 0 Å². The van der Waals surface area contributed by atoms with E-state index in [0.29, 0.717) is 54.1 Å². The number of halogens is 1. The molecule has 9 heteroatoms. The highest BCUT2D eigenvalue weighted by Gasteiger charge is 2.33. The van der Waals surface area contributed by atoms with E-state index in [0.717, 1.165) is 16.4 Å². The van der Waals surface area contributed by atoms with Crippen LogP contribution in [0, 0.1) is 18.6 Å². The van der Waals surface area contributed by atoms with Gasteiger partial charge >= 0.3 is 0 Å². The number of rotatable bonds is 5. The molecule has 6 rings (SSSR count). The molecule has 38 heavy (non-hydrogen) atoms. The van der Waals surface area contributed by atoms with Crippen LogP contribution < -0.4 is 0 Å². The molecule has 5 heterocycles. The molecule has 0 aliphatic carbocycles. The van der Waals surface area contributed by atoms with Gasteiger partial charge < -0.3 is 14.4 Å². The highest BCUT2D eigenvalue weighted by molar-refractivity contribution is 6.07. The van der Waals surface area contributed by atoms with E-state index in [-0.39, 0.29) is 11.6 Å². The van der Waals surface area contributed by atoms with Gasteiger partial charge in [-0.3, -0.25) is 9.97 Å². The maximum absolute atomic E-state index is 15.5. The normalized spacial score (nSPS) is 17.4. The van der Waals surface area contributed by atoms with Gasteiger partial charge in [-0.1, -0.05) is 11.3 Å². The molecule has 0 radical (unpaired) electrons. The standard InChI is InChI=1S/C29H31FN6O2/c1-17-27(35(4)34-33-17)19-7-8-21-23(14-19)36(24-15-20(29(2,3)37)16-32-25(21)24)28(18-9-12-38-13-10-18)26-22(30)6-5-11-31-26/h5-8,11,14-16,18,28,37H,9-10,12-13H2,1-4H3/i1D3. The van der Waals surface area contributed by atoms with Crippen molar-refractivity contribution in [1.82, 2.24) is 29.5 Å². The average molecular weight is 518 g/mol. The average Bonchev–Trinajstić information content (AvgIpc) is 3.48. The molecule has 1 fully saturated rings. The van der Waals surface area contributed by atoms with Crippen molar-refractivity contribution < 1.29 is 18.3 Å². The Morgan fingerprint density at radius 2 is 1.97 bits per heavy atom. The number of fused-ring (bicyclic) bond motifs is 3. The number of aromatic nitrogens is 6. The van der Waals surface area contributed by atoms with E-state index in [1.807, 2.05) is 24.3 Å². The van der Waals surface area contributed by atoms with Crippen LogP contribution in [-0.2, 0) is 17.4 Å². The summed E-state index contributed by atoms with van der Waals surface area (Å²) in [6.07, 6.45) is 4.65. The van der Waals surface area contributed by atoms with Crippen molar-refractivity contribution >= 4 is 21.9 Å². The summed E-state index contributed by atoms with van der Waals surface area (Å²) in [6.45, 7) is 2.03. The molecule has 0 bridgehead atoms. The van der Waals surface area contributed by atoms with Gasteiger partial charge in [-0.15, -0.1) is 5.10 Å². The molecule has 0 saturated carbocycles. The van der Waals surface area contributed by atoms with Gasteiger partial charge in [-0.2, -0.15) is 0 Å². The van der Waals surface area contributed by atoms with Crippen LogP contribution in [0.25, 0.3) is 33.2 Å². The predicted molar refractivity (Wildman–Crippen MR) is 143 cm³/mol. The van der Waals surface area contributed by atoms with Crippen LogP contribution in [0.2, 0.25) is 0 Å². The first-order valence-corrected chi connectivity index (χ1v) is 12.7. The number of aliphatic hydroxyl groups is 1. The summed E-state index contributed by atoms with van der Waals surface area (Å²) in [5, 5.41) is 19.6. The SMILES string of the molecule is [2H]C([2H])([2H])c1nnn(C)c1-c1ccc2c3ncc(C(C)(C)O)cc3n(C(c3ncccc3F)C3CCOCC3)c2c1. The zero-order valence-electron chi connectivity index (χ0n) is 24.5. The summed E-state index contributed by atoms with van der Waals surface area (Å²) >= 11 is 0. The predicted octanol–water partition coefficient (Wildman–Crippen LogP) is 5.07. The van der Waals surface area contributed by atoms with Crippen LogP contribution in [0.15, 0.2) is 48.8 Å². The van der Waals surface area contributed by atoms with Crippen molar-refractivity contribution in [3.63, 3.8) is 0 Å². The van der Waals surface area contributed by atoms with Crippen molar-refractivity contribution in [2.24, 2.45) is 13.0 Å². The fraction of sp³-hybridized carbons (Fsp3) is 0.379. The van der Waals surface area contributed by atoms with E-state index >= 15 is 4.39 Å². The largest absolute Gasteiger partial charge is 0.386 e. The summed E-state index contributed by atoms with van der Waals surface area (Å²) in [7, 11) is 1.66. The molecule has 1 aliphatic heterocycles. The lowest BCUT2D eigenvalue weighted by molar-refractivity contribution is 0.0542. The Labute approximate surface area is 224 Å². The molecule has 0 spiro atoms. The Hall–Kier alpha value is -3.69. The Morgan fingerprint density at radius 1 is 1.16 bits per heavy atom. The molecule has 0 amide bonds. The van der Waals surface area contributed by atoms with Crippen molar-refractivity contribution in [3.8, 4) is 11.3 Å². The van der Waals surface area contributed by atoms with Crippen LogP contribution in [0.5, 0.6) is 0 Å². The highest BCUT2D eigenvalue weighted by Crippen LogP contribution is 2.42. The number of aryl methyl sites for hydroxylation is 2. The summed E-state index contributed by atoms with van der Waals surface area (Å²) in [5.74, 6) is -0.417. The summed E-state index contributed by atoms with van der Waals surface area (Å²) in [5.41, 5.74) is 2.79. The first kappa shape index (κ1) is 21.3. The summed E-state index contributed by atoms with van der Waals surface area (Å²) in [4.78, 5) is 9.29. The molecule has 1 N–H and O–H groups in total. The maximum Gasteiger partial charge on any atom is 0.146 e. The minimum absolute atomic E-state index is 0.00213. The quantitative estimate of drug-likeness (QED) is 0.350. The maximum atomic E-state index is 15.5. The third-order valence-corrected chi connectivity index (χ3v) is 7.50. The lowest BCUT2D eigenvalue weighted by Gasteiger charge is -2.32. The van der Waals surface area contributed by atoms with E-state index in [1.165, 1.54) is 10.7 Å². The van der Waals surface area contributed by atoms with E-state index in [1.54, 1.807) is 39.4 Å². The van der Waals surface area contributed by atoms with Gasteiger partial charge in [0.1, 0.15) is 5.82 Å². The number of pyridine rings is 2. The second-order valence-electron chi connectivity index (χ2n) is 10.4. The van der Waals surface area contributed by atoms with E-state index < -0.39 is 24.3 Å². The number of hydrogen-bond donors (Lipinski definition) is 1. The first-order valence-electron chi connectivity index (χ1n) is 14.2. The summed E-state index contributed by atoms with van der Waals surface area (Å²) in [6, 6.07) is 9.99. The van der Waals surface area contributed by atoms with Crippen LogP contribution in [0.4, 0.5) is 4.39 Å². The Balaban J connectivity index is 1.71. The zero-order valence-corrected chi connectivity index (χ0v) is 21.5. The van der Waals surface area contributed by atoms with Crippen molar-refractivity contribution in [2.75, 3.05) is 13.2 Å². The molecule has 196 valence electrons. The number of hydrogen-bond acceptors (Lipinski definition) is 6. The lowest BCUT2D eigenvalue weighted by atomic mass is 9.88. The van der Waals surface area contributed by atoms with Crippen molar-refractivity contribution in [2.45, 2.75) is 45.2 Å². The second-order valence-corrected chi connectivity index (χ2v) is 10.4. The minimum atomic E-state index is -2.46. The monoisotopic (exact) mass is 517 g/mol. The van der Waals surface area contributed by atoms with Crippen molar-refractivity contribution in [3.05, 3.63) is 71.6 Å². The fourth-order valence-electron chi connectivity index (χ4n) is 5.57. The Morgan fingerprint density at radius 3 is 2.71 bits per heavy atom. The molecule has 1 aromatic carbocycles. The molecular weight excluding hydrogens is 483 g/mol. The highest BCUT2D eigenvalue weighted by atomic mass is 19.1. The van der Waals surface area contributed by atoms with Crippen molar-refractivity contribution in [1.29, 1.82) is 0 Å². The lowest BCUT2D eigenvalue weighted by Crippen LogP contribution is -2.28. The fourth-order valence-corrected chi connectivity index (χ4v) is 5.57. The van der Waals surface area contributed by atoms with E-state index in [4.69, 9.17) is 13.8 Å². The molecule has 8 nitrogen and oxygen atoms in total. The molecule has 4 aromatic heterocycles. The number of benzene rings is 1. The van der Waals surface area contributed by atoms with Gasteiger partial charge in [-0.25, -0.2) is 9.07 Å². The van der Waals surface area contributed by atoms with Gasteiger partial charge in [0.2, 0.25) is 0 Å². The first-order chi connectivity index (χ1) is 19.4. The molecule has 1 unspecified atom stereocenters. The number of ether oxygens (including phenoxy) is 1.